The third kappa shape index (κ3) is 1.77. The van der Waals surface area contributed by atoms with Gasteiger partial charge in [0.15, 0.2) is 0 Å². The lowest BCUT2D eigenvalue weighted by atomic mass is 10.4. The first kappa shape index (κ1) is 7.20. The fraction of sp³-hybridized carbons (Fsp3) is 1.00. The van der Waals surface area contributed by atoms with Crippen LogP contribution in [0.5, 0.6) is 0 Å². The molecule has 0 aliphatic rings. The Morgan fingerprint density at radius 3 is 2.00 bits per heavy atom. The molecule has 1 N–H and O–H groups in total. The van der Waals surface area contributed by atoms with Gasteiger partial charge in [-0.05, 0) is 13.8 Å². The molecule has 0 spiro atoms. The van der Waals surface area contributed by atoms with Crippen LogP contribution in [0.15, 0.2) is 0 Å². The molecule has 8 heavy (non-hydrogen) atoms. The van der Waals surface area contributed by atoms with Gasteiger partial charge in [-0.2, -0.15) is 0 Å². The van der Waals surface area contributed by atoms with Gasteiger partial charge >= 0.3 is 5.03 Å². The Labute approximate surface area is 48.2 Å². The molecule has 0 aromatic heterocycles. The van der Waals surface area contributed by atoms with E-state index in [1.54, 1.807) is 13.8 Å². The van der Waals surface area contributed by atoms with Gasteiger partial charge in [-0.15, -0.1) is 0 Å². The molecule has 0 bridgehead atoms. The van der Waals surface area contributed by atoms with Gasteiger partial charge in [0.05, 0.1) is 13.1 Å². The van der Waals surface area contributed by atoms with Crippen molar-refractivity contribution in [2.24, 2.45) is 0 Å². The molecule has 48 valence electrons. The van der Waals surface area contributed by atoms with Gasteiger partial charge < -0.3 is 0 Å². The lowest BCUT2D eigenvalue weighted by molar-refractivity contribution is -0.902. The van der Waals surface area contributed by atoms with Crippen molar-refractivity contribution in [3.63, 3.8) is 0 Å². The summed E-state index contributed by atoms with van der Waals surface area (Å²) in [6, 6.07) is 0.0394. The third-order valence-electron chi connectivity index (χ3n) is 1.02. The highest BCUT2D eigenvalue weighted by Crippen LogP contribution is 1.89. The smallest absolute Gasteiger partial charge is 0.219 e. The first-order valence-electron chi connectivity index (χ1n) is 2.44. The molecule has 0 radical (unpaired) electrons. The van der Waals surface area contributed by atoms with Crippen molar-refractivity contribution in [3.05, 3.63) is 4.91 Å². The second-order valence-corrected chi connectivity index (χ2v) is 1.92. The van der Waals surface area contributed by atoms with Crippen LogP contribution >= 0.6 is 0 Å². The summed E-state index contributed by atoms with van der Waals surface area (Å²) in [4.78, 5) is 9.98. The second-order valence-electron chi connectivity index (χ2n) is 1.92. The van der Waals surface area contributed by atoms with Crippen LogP contribution in [0.25, 0.3) is 0 Å². The van der Waals surface area contributed by atoms with Gasteiger partial charge in [0.1, 0.15) is 4.91 Å². The topological polar surface area (TPSA) is 43.5 Å². The average Bonchev–Trinajstić information content (AvgIpc) is 1.64. The minimum atomic E-state index is -0.176. The van der Waals surface area contributed by atoms with Gasteiger partial charge in [0.2, 0.25) is 0 Å². The van der Waals surface area contributed by atoms with E-state index < -0.39 is 0 Å². The monoisotopic (exact) mass is 119 g/mol. The molecular formula is C4H11N2O2+. The Morgan fingerprint density at radius 2 is 2.00 bits per heavy atom. The maximum Gasteiger partial charge on any atom is 0.357 e. The van der Waals surface area contributed by atoms with Crippen LogP contribution in [0, 0.1) is 4.91 Å². The van der Waals surface area contributed by atoms with Gasteiger partial charge in [0.25, 0.3) is 0 Å². The van der Waals surface area contributed by atoms with Crippen molar-refractivity contribution in [2.75, 3.05) is 7.05 Å². The Morgan fingerprint density at radius 1 is 1.62 bits per heavy atom. The fourth-order valence-corrected chi connectivity index (χ4v) is 0.198. The van der Waals surface area contributed by atoms with Crippen LogP contribution in [-0.4, -0.2) is 28.3 Å². The summed E-state index contributed by atoms with van der Waals surface area (Å²) in [5.74, 6) is 0. The molecule has 0 aromatic carbocycles. The van der Waals surface area contributed by atoms with E-state index in [1.165, 1.54) is 12.1 Å². The first-order valence-corrected chi connectivity index (χ1v) is 2.44. The van der Waals surface area contributed by atoms with E-state index in [1.807, 2.05) is 0 Å². The maximum absolute atomic E-state index is 9.98. The Balaban J connectivity index is 3.64. The summed E-state index contributed by atoms with van der Waals surface area (Å²) in [7, 11) is 1.51. The predicted octanol–water partition coefficient (Wildman–Crippen LogP) is 0.410. The van der Waals surface area contributed by atoms with Gasteiger partial charge in [0, 0.05) is 0 Å². The molecule has 0 atom stereocenters. The van der Waals surface area contributed by atoms with Crippen molar-refractivity contribution in [1.29, 1.82) is 0 Å². The molecule has 0 aliphatic carbocycles. The Bertz CT molecular complexity index is 92.0. The number of rotatable bonds is 2. The van der Waals surface area contributed by atoms with E-state index >= 15 is 0 Å². The summed E-state index contributed by atoms with van der Waals surface area (Å²) in [6.45, 7) is 3.61. The zero-order chi connectivity index (χ0) is 6.73. The van der Waals surface area contributed by atoms with Crippen LogP contribution in [0.1, 0.15) is 13.8 Å². The highest BCUT2D eigenvalue weighted by Gasteiger charge is 2.15. The van der Waals surface area contributed by atoms with Crippen LogP contribution in [0.4, 0.5) is 0 Å². The van der Waals surface area contributed by atoms with Crippen LogP contribution in [-0.2, 0) is 0 Å². The van der Waals surface area contributed by atoms with Crippen molar-refractivity contribution in [1.82, 2.24) is 5.01 Å². The second kappa shape index (κ2) is 2.49. The number of hydrazine groups is 1. The highest BCUT2D eigenvalue weighted by atomic mass is 16.7. The molecule has 4 nitrogen and oxygen atoms in total. The summed E-state index contributed by atoms with van der Waals surface area (Å²) in [6.07, 6.45) is 0. The molecule has 0 saturated carbocycles. The average molecular weight is 119 g/mol. The number of nitrogens with zero attached hydrogens (tertiary/aromatic N) is 2. The summed E-state index contributed by atoms with van der Waals surface area (Å²) < 4.78 is 0. The van der Waals surface area contributed by atoms with E-state index in [4.69, 9.17) is 5.21 Å². The van der Waals surface area contributed by atoms with Crippen molar-refractivity contribution in [3.8, 4) is 0 Å². The van der Waals surface area contributed by atoms with E-state index in [2.05, 4.69) is 0 Å². The van der Waals surface area contributed by atoms with Crippen LogP contribution in [0.3, 0.4) is 0 Å². The van der Waals surface area contributed by atoms with Gasteiger partial charge in [-0.3, -0.25) is 0 Å². The van der Waals surface area contributed by atoms with Crippen LogP contribution < -0.4 is 0 Å². The maximum atomic E-state index is 9.98. The number of hydrogen-bond donors (Lipinski definition) is 1. The SMILES string of the molecule is CC(C)N(C)[N+](=O)O. The Kier molecular flexibility index (Phi) is 2.24. The molecule has 0 heterocycles. The lowest BCUT2D eigenvalue weighted by Crippen LogP contribution is -2.33. The standard InChI is InChI=1S/C4H11N2O2/c1-4(2)5(3)6(7)8/h4H,1-3H3,(H,7,8)/q+1. The molecule has 0 aromatic rings. The molecule has 0 amide bonds. The van der Waals surface area contributed by atoms with Crippen LogP contribution in [0.2, 0.25) is 0 Å². The summed E-state index contributed by atoms with van der Waals surface area (Å²) in [5.41, 5.74) is 0. The first-order chi connectivity index (χ1) is 3.55. The molecule has 0 saturated heterocycles. The molecule has 0 rings (SSSR count). The number of hydrogen-bond acceptors (Lipinski definition) is 1. The highest BCUT2D eigenvalue weighted by molar-refractivity contribution is 4.40. The van der Waals surface area contributed by atoms with Crippen molar-refractivity contribution < 1.29 is 10.2 Å². The zero-order valence-corrected chi connectivity index (χ0v) is 5.33. The largest absolute Gasteiger partial charge is 0.357 e. The third-order valence-corrected chi connectivity index (χ3v) is 1.02. The molecule has 4 heteroatoms. The summed E-state index contributed by atoms with van der Waals surface area (Å²) >= 11 is 0. The van der Waals surface area contributed by atoms with Gasteiger partial charge in [-0.1, -0.05) is 5.01 Å². The van der Waals surface area contributed by atoms with Crippen molar-refractivity contribution >= 4 is 0 Å². The summed E-state index contributed by atoms with van der Waals surface area (Å²) in [5, 5.41) is 9.19. The quantitative estimate of drug-likeness (QED) is 0.535. The fourth-order valence-electron chi connectivity index (χ4n) is 0.198. The lowest BCUT2D eigenvalue weighted by Gasteiger charge is -2.05. The minimum Gasteiger partial charge on any atom is -0.219 e. The minimum absolute atomic E-state index is 0.0394. The molecular weight excluding hydrogens is 108 g/mol. The van der Waals surface area contributed by atoms with E-state index in [0.717, 1.165) is 0 Å². The van der Waals surface area contributed by atoms with E-state index in [9.17, 15) is 4.91 Å². The molecule has 0 unspecified atom stereocenters. The molecule has 0 fully saturated rings. The van der Waals surface area contributed by atoms with Gasteiger partial charge in [-0.25, -0.2) is 5.21 Å². The predicted molar refractivity (Wildman–Crippen MR) is 28.3 cm³/mol. The van der Waals surface area contributed by atoms with E-state index in [0.29, 0.717) is 0 Å². The van der Waals surface area contributed by atoms with Crippen molar-refractivity contribution in [2.45, 2.75) is 19.9 Å². The molecule has 0 aliphatic heterocycles. The normalized spacial score (nSPS) is 9.50. The zero-order valence-electron chi connectivity index (χ0n) is 5.33. The van der Waals surface area contributed by atoms with E-state index in [-0.39, 0.29) is 11.1 Å². The Hall–Kier alpha value is -0.800.